The molecule has 0 bridgehead atoms. The summed E-state index contributed by atoms with van der Waals surface area (Å²) in [6.45, 7) is 2.82. The monoisotopic (exact) mass is 288 g/mol. The van der Waals surface area contributed by atoms with E-state index in [-0.39, 0.29) is 6.04 Å². The van der Waals surface area contributed by atoms with Gasteiger partial charge in [-0.05, 0) is 42.3 Å². The number of rotatable bonds is 5. The summed E-state index contributed by atoms with van der Waals surface area (Å²) < 4.78 is 0. The van der Waals surface area contributed by atoms with Gasteiger partial charge in [0.25, 0.3) is 0 Å². The number of primary amides is 1. The lowest BCUT2D eigenvalue weighted by Crippen LogP contribution is -2.18. The van der Waals surface area contributed by atoms with Gasteiger partial charge >= 0.3 is 0 Å². The third-order valence-electron chi connectivity index (χ3n) is 3.22. The lowest BCUT2D eigenvalue weighted by molar-refractivity contribution is 0.100. The van der Waals surface area contributed by atoms with Crippen molar-refractivity contribution in [1.29, 1.82) is 0 Å². The van der Waals surface area contributed by atoms with E-state index < -0.39 is 5.91 Å². The molecule has 0 saturated carbocycles. The summed E-state index contributed by atoms with van der Waals surface area (Å²) >= 11 is 5.87. The molecular formula is C16H17ClN2O. The van der Waals surface area contributed by atoms with E-state index in [1.165, 1.54) is 5.56 Å². The van der Waals surface area contributed by atoms with Gasteiger partial charge in [0.15, 0.2) is 0 Å². The maximum Gasteiger partial charge on any atom is 0.248 e. The van der Waals surface area contributed by atoms with Crippen LogP contribution in [0.1, 0.15) is 34.5 Å². The molecular weight excluding hydrogens is 272 g/mol. The van der Waals surface area contributed by atoms with Crippen LogP contribution in [0.25, 0.3) is 0 Å². The average Bonchev–Trinajstić information content (AvgIpc) is 2.46. The smallest absolute Gasteiger partial charge is 0.248 e. The highest BCUT2D eigenvalue weighted by atomic mass is 35.5. The van der Waals surface area contributed by atoms with Crippen molar-refractivity contribution in [3.63, 3.8) is 0 Å². The number of nitrogens with two attached hydrogens (primary N) is 1. The molecule has 3 N–H and O–H groups in total. The van der Waals surface area contributed by atoms with Crippen LogP contribution in [0.3, 0.4) is 0 Å². The van der Waals surface area contributed by atoms with Crippen molar-refractivity contribution in [1.82, 2.24) is 5.32 Å². The molecule has 0 aliphatic heterocycles. The van der Waals surface area contributed by atoms with Crippen molar-refractivity contribution in [2.45, 2.75) is 19.5 Å². The summed E-state index contributed by atoms with van der Waals surface area (Å²) in [7, 11) is 0. The SMILES string of the molecule is CC(NCc1ccc(C(N)=O)cc1)c1ccc(Cl)cc1. The van der Waals surface area contributed by atoms with Gasteiger partial charge in [0, 0.05) is 23.2 Å². The molecule has 0 heterocycles. The summed E-state index contributed by atoms with van der Waals surface area (Å²) in [4.78, 5) is 11.0. The molecule has 2 aromatic rings. The Hall–Kier alpha value is -1.84. The Kier molecular flexibility index (Phi) is 4.77. The highest BCUT2D eigenvalue weighted by Gasteiger charge is 2.05. The molecule has 3 nitrogen and oxygen atoms in total. The zero-order valence-electron chi connectivity index (χ0n) is 11.3. The van der Waals surface area contributed by atoms with Crippen LogP contribution in [0.2, 0.25) is 5.02 Å². The molecule has 0 radical (unpaired) electrons. The van der Waals surface area contributed by atoms with E-state index in [2.05, 4.69) is 12.2 Å². The van der Waals surface area contributed by atoms with Crippen LogP contribution in [-0.4, -0.2) is 5.91 Å². The number of amides is 1. The van der Waals surface area contributed by atoms with E-state index in [4.69, 9.17) is 17.3 Å². The number of carbonyl (C=O) groups is 1. The predicted molar refractivity (Wildman–Crippen MR) is 81.7 cm³/mol. The zero-order valence-corrected chi connectivity index (χ0v) is 12.0. The van der Waals surface area contributed by atoms with Crippen molar-refractivity contribution in [2.24, 2.45) is 5.73 Å². The second kappa shape index (κ2) is 6.55. The zero-order chi connectivity index (χ0) is 14.5. The Bertz CT molecular complexity index is 578. The lowest BCUT2D eigenvalue weighted by Gasteiger charge is -2.14. The summed E-state index contributed by atoms with van der Waals surface area (Å²) in [5, 5.41) is 4.16. The molecule has 20 heavy (non-hydrogen) atoms. The molecule has 0 aliphatic rings. The Morgan fingerprint density at radius 3 is 2.30 bits per heavy atom. The topological polar surface area (TPSA) is 55.1 Å². The highest BCUT2D eigenvalue weighted by molar-refractivity contribution is 6.30. The molecule has 2 rings (SSSR count). The summed E-state index contributed by atoms with van der Waals surface area (Å²) in [6, 6.07) is 15.3. The molecule has 0 aliphatic carbocycles. The maximum absolute atomic E-state index is 11.0. The van der Waals surface area contributed by atoms with Gasteiger partial charge in [-0.25, -0.2) is 0 Å². The van der Waals surface area contributed by atoms with Crippen LogP contribution in [0, 0.1) is 0 Å². The van der Waals surface area contributed by atoms with Gasteiger partial charge in [0.05, 0.1) is 0 Å². The first-order valence-electron chi connectivity index (χ1n) is 6.44. The van der Waals surface area contributed by atoms with E-state index >= 15 is 0 Å². The fourth-order valence-corrected chi connectivity index (χ4v) is 2.05. The third-order valence-corrected chi connectivity index (χ3v) is 3.47. The van der Waals surface area contributed by atoms with Gasteiger partial charge in [0.1, 0.15) is 0 Å². The molecule has 1 amide bonds. The number of benzene rings is 2. The van der Waals surface area contributed by atoms with Crippen molar-refractivity contribution >= 4 is 17.5 Å². The van der Waals surface area contributed by atoms with Crippen LogP contribution >= 0.6 is 11.6 Å². The van der Waals surface area contributed by atoms with Crippen LogP contribution in [-0.2, 0) is 6.54 Å². The number of hydrogen-bond acceptors (Lipinski definition) is 2. The Morgan fingerprint density at radius 2 is 1.75 bits per heavy atom. The molecule has 0 saturated heterocycles. The first kappa shape index (κ1) is 14.6. The molecule has 1 atom stereocenters. The quantitative estimate of drug-likeness (QED) is 0.887. The van der Waals surface area contributed by atoms with Crippen molar-refractivity contribution in [3.05, 3.63) is 70.2 Å². The maximum atomic E-state index is 11.0. The Labute approximate surface area is 123 Å². The molecule has 2 aromatic carbocycles. The van der Waals surface area contributed by atoms with Crippen LogP contribution in [0.5, 0.6) is 0 Å². The summed E-state index contributed by atoms with van der Waals surface area (Å²) in [6.07, 6.45) is 0. The second-order valence-electron chi connectivity index (χ2n) is 4.72. The molecule has 4 heteroatoms. The summed E-state index contributed by atoms with van der Waals surface area (Å²) in [5.74, 6) is -0.404. The van der Waals surface area contributed by atoms with Crippen molar-refractivity contribution < 1.29 is 4.79 Å². The van der Waals surface area contributed by atoms with E-state index in [1.54, 1.807) is 12.1 Å². The lowest BCUT2D eigenvalue weighted by atomic mass is 10.1. The number of halogens is 1. The van der Waals surface area contributed by atoms with Crippen LogP contribution in [0.4, 0.5) is 0 Å². The Balaban J connectivity index is 1.94. The fraction of sp³-hybridized carbons (Fsp3) is 0.188. The normalized spacial score (nSPS) is 12.1. The summed E-state index contributed by atoms with van der Waals surface area (Å²) in [5.41, 5.74) is 8.03. The largest absolute Gasteiger partial charge is 0.366 e. The van der Waals surface area contributed by atoms with Gasteiger partial charge in [-0.3, -0.25) is 4.79 Å². The van der Waals surface area contributed by atoms with E-state index in [0.717, 1.165) is 17.1 Å². The first-order chi connectivity index (χ1) is 9.56. The second-order valence-corrected chi connectivity index (χ2v) is 5.15. The van der Waals surface area contributed by atoms with E-state index in [9.17, 15) is 4.79 Å². The molecule has 0 spiro atoms. The Morgan fingerprint density at radius 1 is 1.15 bits per heavy atom. The number of hydrogen-bond donors (Lipinski definition) is 2. The number of carbonyl (C=O) groups excluding carboxylic acids is 1. The van der Waals surface area contributed by atoms with E-state index in [1.807, 2.05) is 36.4 Å². The van der Waals surface area contributed by atoms with Gasteiger partial charge in [-0.1, -0.05) is 35.9 Å². The van der Waals surface area contributed by atoms with E-state index in [0.29, 0.717) is 5.56 Å². The molecule has 1 unspecified atom stereocenters. The van der Waals surface area contributed by atoms with Gasteiger partial charge < -0.3 is 11.1 Å². The third kappa shape index (κ3) is 3.83. The van der Waals surface area contributed by atoms with Gasteiger partial charge in [-0.2, -0.15) is 0 Å². The molecule has 0 fully saturated rings. The molecule has 104 valence electrons. The highest BCUT2D eigenvalue weighted by Crippen LogP contribution is 2.16. The first-order valence-corrected chi connectivity index (χ1v) is 6.81. The van der Waals surface area contributed by atoms with Crippen molar-refractivity contribution in [2.75, 3.05) is 0 Å². The fourth-order valence-electron chi connectivity index (χ4n) is 1.93. The van der Waals surface area contributed by atoms with Gasteiger partial charge in [0.2, 0.25) is 5.91 Å². The van der Waals surface area contributed by atoms with Crippen molar-refractivity contribution in [3.8, 4) is 0 Å². The minimum atomic E-state index is -0.404. The average molecular weight is 289 g/mol. The standard InChI is InChI=1S/C16H17ClN2O/c1-11(13-6-8-15(17)9-7-13)19-10-12-2-4-14(5-3-12)16(18)20/h2-9,11,19H,10H2,1H3,(H2,18,20). The van der Waals surface area contributed by atoms with Crippen LogP contribution < -0.4 is 11.1 Å². The van der Waals surface area contributed by atoms with Crippen LogP contribution in [0.15, 0.2) is 48.5 Å². The predicted octanol–water partition coefficient (Wildman–Crippen LogP) is 3.29. The minimum absolute atomic E-state index is 0.225. The molecule has 0 aromatic heterocycles. The van der Waals surface area contributed by atoms with Gasteiger partial charge in [-0.15, -0.1) is 0 Å². The minimum Gasteiger partial charge on any atom is -0.366 e. The number of nitrogens with one attached hydrogen (secondary N) is 1.